The van der Waals surface area contributed by atoms with E-state index in [4.69, 9.17) is 19.6 Å². The lowest BCUT2D eigenvalue weighted by Crippen LogP contribution is -2.11. The molecule has 3 aromatic rings. The van der Waals surface area contributed by atoms with Crippen molar-refractivity contribution in [2.24, 2.45) is 0 Å². The van der Waals surface area contributed by atoms with E-state index >= 15 is 0 Å². The fourth-order valence-corrected chi connectivity index (χ4v) is 2.90. The standard InChI is InChI=1S/C18H22N4O3/c1-9-6-12(11(3)25-9)10(2)20-18-21-14-8-16(24-5)15(23-4)7-13(14)17(19)22-18/h6-8,10H,1-5H3,(H3,19,20,21,22). The van der Waals surface area contributed by atoms with Crippen LogP contribution in [0, 0.1) is 13.8 Å². The van der Waals surface area contributed by atoms with Crippen LogP contribution >= 0.6 is 0 Å². The number of ether oxygens (including phenoxy) is 2. The van der Waals surface area contributed by atoms with Gasteiger partial charge in [-0.05, 0) is 32.9 Å². The Kier molecular flexibility index (Phi) is 4.39. The van der Waals surface area contributed by atoms with E-state index in [-0.39, 0.29) is 6.04 Å². The van der Waals surface area contributed by atoms with Gasteiger partial charge in [-0.25, -0.2) is 4.98 Å². The molecule has 0 aliphatic heterocycles. The van der Waals surface area contributed by atoms with Gasteiger partial charge in [0.15, 0.2) is 11.5 Å². The van der Waals surface area contributed by atoms with Crippen molar-refractivity contribution in [1.82, 2.24) is 9.97 Å². The van der Waals surface area contributed by atoms with Crippen molar-refractivity contribution >= 4 is 22.7 Å². The average molecular weight is 342 g/mol. The van der Waals surface area contributed by atoms with Gasteiger partial charge in [0.25, 0.3) is 0 Å². The summed E-state index contributed by atoms with van der Waals surface area (Å²) in [6.07, 6.45) is 0. The normalized spacial score (nSPS) is 12.2. The van der Waals surface area contributed by atoms with Gasteiger partial charge in [-0.15, -0.1) is 0 Å². The van der Waals surface area contributed by atoms with Crippen LogP contribution in [-0.2, 0) is 0 Å². The number of fused-ring (bicyclic) bond motifs is 1. The molecular formula is C18H22N4O3. The molecule has 1 unspecified atom stereocenters. The number of aryl methyl sites for hydroxylation is 2. The van der Waals surface area contributed by atoms with Crippen LogP contribution in [0.15, 0.2) is 22.6 Å². The van der Waals surface area contributed by atoms with E-state index in [0.717, 1.165) is 17.1 Å². The molecular weight excluding hydrogens is 320 g/mol. The maximum Gasteiger partial charge on any atom is 0.225 e. The zero-order valence-corrected chi connectivity index (χ0v) is 15.0. The zero-order chi connectivity index (χ0) is 18.1. The third-order valence-corrected chi connectivity index (χ3v) is 4.12. The van der Waals surface area contributed by atoms with Gasteiger partial charge in [-0.2, -0.15) is 4.98 Å². The third-order valence-electron chi connectivity index (χ3n) is 4.12. The molecule has 7 heteroatoms. The number of furan rings is 1. The Balaban J connectivity index is 1.98. The van der Waals surface area contributed by atoms with E-state index in [1.54, 1.807) is 26.4 Å². The summed E-state index contributed by atoms with van der Waals surface area (Å²) in [6, 6.07) is 5.55. The van der Waals surface area contributed by atoms with Crippen LogP contribution in [0.2, 0.25) is 0 Å². The van der Waals surface area contributed by atoms with Crippen molar-refractivity contribution in [2.75, 3.05) is 25.3 Å². The van der Waals surface area contributed by atoms with Crippen molar-refractivity contribution in [3.8, 4) is 11.5 Å². The van der Waals surface area contributed by atoms with Gasteiger partial charge in [0, 0.05) is 17.0 Å². The maximum absolute atomic E-state index is 6.11. The summed E-state index contributed by atoms with van der Waals surface area (Å²) >= 11 is 0. The van der Waals surface area contributed by atoms with E-state index in [2.05, 4.69) is 15.3 Å². The second-order valence-electron chi connectivity index (χ2n) is 5.89. The predicted molar refractivity (Wildman–Crippen MR) is 97.3 cm³/mol. The van der Waals surface area contributed by atoms with Gasteiger partial charge in [-0.3, -0.25) is 0 Å². The Morgan fingerprint density at radius 2 is 1.76 bits per heavy atom. The molecule has 0 radical (unpaired) electrons. The lowest BCUT2D eigenvalue weighted by Gasteiger charge is -2.15. The van der Waals surface area contributed by atoms with Crippen molar-refractivity contribution in [3.05, 3.63) is 35.3 Å². The smallest absolute Gasteiger partial charge is 0.225 e. The number of hydrogen-bond donors (Lipinski definition) is 2. The first-order valence-electron chi connectivity index (χ1n) is 7.95. The molecule has 1 atom stereocenters. The second-order valence-corrected chi connectivity index (χ2v) is 5.89. The van der Waals surface area contributed by atoms with Crippen LogP contribution < -0.4 is 20.5 Å². The van der Waals surface area contributed by atoms with E-state index in [0.29, 0.717) is 34.2 Å². The van der Waals surface area contributed by atoms with Crippen molar-refractivity contribution < 1.29 is 13.9 Å². The molecule has 25 heavy (non-hydrogen) atoms. The summed E-state index contributed by atoms with van der Waals surface area (Å²) in [5.74, 6) is 3.75. The quantitative estimate of drug-likeness (QED) is 0.731. The Labute approximate surface area is 146 Å². The molecule has 7 nitrogen and oxygen atoms in total. The molecule has 3 rings (SSSR count). The molecule has 0 saturated carbocycles. The number of benzene rings is 1. The minimum absolute atomic E-state index is 0.0190. The van der Waals surface area contributed by atoms with Crippen LogP contribution in [-0.4, -0.2) is 24.2 Å². The number of nitrogens with zero attached hydrogens (tertiary/aromatic N) is 2. The molecule has 3 N–H and O–H groups in total. The fourth-order valence-electron chi connectivity index (χ4n) is 2.90. The molecule has 132 valence electrons. The van der Waals surface area contributed by atoms with E-state index in [9.17, 15) is 0 Å². The van der Waals surface area contributed by atoms with Gasteiger partial charge >= 0.3 is 0 Å². The number of anilines is 2. The van der Waals surface area contributed by atoms with Crippen molar-refractivity contribution in [1.29, 1.82) is 0 Å². The lowest BCUT2D eigenvalue weighted by atomic mass is 10.1. The summed E-state index contributed by atoms with van der Waals surface area (Å²) < 4.78 is 16.2. The number of nitrogen functional groups attached to an aromatic ring is 1. The molecule has 0 aliphatic carbocycles. The molecule has 0 saturated heterocycles. The number of aromatic nitrogens is 2. The summed E-state index contributed by atoms with van der Waals surface area (Å²) in [4.78, 5) is 8.92. The third kappa shape index (κ3) is 3.17. The van der Waals surface area contributed by atoms with Crippen molar-refractivity contribution in [2.45, 2.75) is 26.8 Å². The van der Waals surface area contributed by atoms with Gasteiger partial charge in [0.05, 0.1) is 25.8 Å². The van der Waals surface area contributed by atoms with E-state index < -0.39 is 0 Å². The largest absolute Gasteiger partial charge is 0.493 e. The predicted octanol–water partition coefficient (Wildman–Crippen LogP) is 3.61. The van der Waals surface area contributed by atoms with Crippen LogP contribution in [0.1, 0.15) is 30.0 Å². The van der Waals surface area contributed by atoms with Crippen LogP contribution in [0.5, 0.6) is 11.5 Å². The Bertz CT molecular complexity index is 920. The monoisotopic (exact) mass is 342 g/mol. The maximum atomic E-state index is 6.11. The number of methoxy groups -OCH3 is 2. The first-order chi connectivity index (χ1) is 11.9. The van der Waals surface area contributed by atoms with E-state index in [1.807, 2.05) is 26.8 Å². The first-order valence-corrected chi connectivity index (χ1v) is 7.95. The van der Waals surface area contributed by atoms with Crippen molar-refractivity contribution in [3.63, 3.8) is 0 Å². The zero-order valence-electron chi connectivity index (χ0n) is 15.0. The summed E-state index contributed by atoms with van der Waals surface area (Å²) in [6.45, 7) is 5.89. The summed E-state index contributed by atoms with van der Waals surface area (Å²) in [5.41, 5.74) is 7.86. The number of rotatable bonds is 5. The Hall–Kier alpha value is -2.96. The lowest BCUT2D eigenvalue weighted by molar-refractivity contribution is 0.356. The van der Waals surface area contributed by atoms with Gasteiger partial charge in [-0.1, -0.05) is 0 Å². The van der Waals surface area contributed by atoms with Crippen LogP contribution in [0.25, 0.3) is 10.9 Å². The highest BCUT2D eigenvalue weighted by Crippen LogP contribution is 2.34. The Morgan fingerprint density at radius 1 is 1.08 bits per heavy atom. The Morgan fingerprint density at radius 3 is 2.36 bits per heavy atom. The topological polar surface area (TPSA) is 95.4 Å². The van der Waals surface area contributed by atoms with Gasteiger partial charge < -0.3 is 24.9 Å². The van der Waals surface area contributed by atoms with Gasteiger partial charge in [0.1, 0.15) is 17.3 Å². The van der Waals surface area contributed by atoms with E-state index in [1.165, 1.54) is 0 Å². The number of nitrogens with two attached hydrogens (primary N) is 1. The van der Waals surface area contributed by atoms with Crippen LogP contribution in [0.4, 0.5) is 11.8 Å². The molecule has 2 aromatic heterocycles. The molecule has 0 spiro atoms. The molecule has 0 aliphatic rings. The fraction of sp³-hybridized carbons (Fsp3) is 0.333. The highest BCUT2D eigenvalue weighted by molar-refractivity contribution is 5.91. The first kappa shape index (κ1) is 16.9. The average Bonchev–Trinajstić information content (AvgIpc) is 2.92. The highest BCUT2D eigenvalue weighted by atomic mass is 16.5. The number of nitrogens with one attached hydrogen (secondary N) is 1. The molecule has 1 aromatic carbocycles. The number of hydrogen-bond acceptors (Lipinski definition) is 7. The molecule has 0 fully saturated rings. The van der Waals surface area contributed by atoms with Gasteiger partial charge in [0.2, 0.25) is 5.95 Å². The molecule has 0 amide bonds. The highest BCUT2D eigenvalue weighted by Gasteiger charge is 2.16. The second kappa shape index (κ2) is 6.51. The molecule has 0 bridgehead atoms. The minimum Gasteiger partial charge on any atom is -0.493 e. The SMILES string of the molecule is COc1cc2nc(NC(C)c3cc(C)oc3C)nc(N)c2cc1OC. The minimum atomic E-state index is -0.0190. The summed E-state index contributed by atoms with van der Waals surface area (Å²) in [7, 11) is 3.16. The summed E-state index contributed by atoms with van der Waals surface area (Å²) in [5, 5.41) is 3.99. The molecule has 2 heterocycles. The van der Waals surface area contributed by atoms with Crippen LogP contribution in [0.3, 0.4) is 0 Å².